The first-order valence-electron chi connectivity index (χ1n) is 7.37. The van der Waals surface area contributed by atoms with Crippen LogP contribution in [0, 0.1) is 10.1 Å². The molecule has 0 atom stereocenters. The van der Waals surface area contributed by atoms with Crippen molar-refractivity contribution in [3.8, 4) is 0 Å². The lowest BCUT2D eigenvalue weighted by molar-refractivity contribution is -0.385. The summed E-state index contributed by atoms with van der Waals surface area (Å²) in [6.45, 7) is 3.46. The zero-order valence-corrected chi connectivity index (χ0v) is 14.7. The van der Waals surface area contributed by atoms with Crippen molar-refractivity contribution >= 4 is 27.4 Å². The molecule has 0 unspecified atom stereocenters. The van der Waals surface area contributed by atoms with E-state index in [0.29, 0.717) is 0 Å². The molecule has 2 aromatic rings. The van der Waals surface area contributed by atoms with Gasteiger partial charge in [0.1, 0.15) is 0 Å². The van der Waals surface area contributed by atoms with Crippen molar-refractivity contribution in [3.63, 3.8) is 0 Å². The Hall–Kier alpha value is -3.20. The summed E-state index contributed by atoms with van der Waals surface area (Å²) in [5.41, 5.74) is 0.0422. The molecule has 9 heteroatoms. The molecule has 0 spiro atoms. The number of esters is 1. The maximum Gasteiger partial charge on any atom is 0.337 e. The molecule has 0 aliphatic rings. The van der Waals surface area contributed by atoms with Crippen LogP contribution in [0.2, 0.25) is 0 Å². The molecular weight excluding hydrogens is 360 g/mol. The lowest BCUT2D eigenvalue weighted by Gasteiger charge is -2.23. The van der Waals surface area contributed by atoms with Gasteiger partial charge in [-0.2, -0.15) is 0 Å². The highest BCUT2D eigenvalue weighted by molar-refractivity contribution is 7.92. The third-order valence-electron chi connectivity index (χ3n) is 3.47. The number of hydrogen-bond acceptors (Lipinski definition) is 6. The average molecular weight is 376 g/mol. The van der Waals surface area contributed by atoms with Crippen LogP contribution in [0.15, 0.2) is 66.1 Å². The number of nitrogens with zero attached hydrogens (tertiary/aromatic N) is 2. The lowest BCUT2D eigenvalue weighted by Crippen LogP contribution is -2.31. The van der Waals surface area contributed by atoms with Crippen LogP contribution < -0.4 is 4.31 Å². The van der Waals surface area contributed by atoms with Gasteiger partial charge in [0.05, 0.1) is 34.7 Å². The molecule has 0 heterocycles. The van der Waals surface area contributed by atoms with E-state index < -0.39 is 20.9 Å². The Morgan fingerprint density at radius 1 is 1.27 bits per heavy atom. The van der Waals surface area contributed by atoms with Crippen molar-refractivity contribution in [2.45, 2.75) is 4.90 Å². The molecule has 0 aliphatic carbocycles. The fourth-order valence-corrected chi connectivity index (χ4v) is 3.72. The Kier molecular flexibility index (Phi) is 5.73. The van der Waals surface area contributed by atoms with Crippen molar-refractivity contribution < 1.29 is 22.9 Å². The normalized spacial score (nSPS) is 10.8. The van der Waals surface area contributed by atoms with Crippen LogP contribution in [0.1, 0.15) is 10.4 Å². The Morgan fingerprint density at radius 3 is 2.58 bits per heavy atom. The summed E-state index contributed by atoms with van der Waals surface area (Å²) >= 11 is 0. The van der Waals surface area contributed by atoms with Gasteiger partial charge >= 0.3 is 5.97 Å². The minimum absolute atomic E-state index is 0.0876. The van der Waals surface area contributed by atoms with Crippen LogP contribution in [0.25, 0.3) is 0 Å². The molecular formula is C17H16N2O6S. The zero-order chi connectivity index (χ0) is 19.3. The number of nitro benzene ring substituents is 1. The summed E-state index contributed by atoms with van der Waals surface area (Å²) in [4.78, 5) is 21.7. The molecule has 2 rings (SSSR count). The van der Waals surface area contributed by atoms with Gasteiger partial charge in [-0.05, 0) is 24.3 Å². The average Bonchev–Trinajstić information content (AvgIpc) is 2.65. The van der Waals surface area contributed by atoms with Gasteiger partial charge in [0.2, 0.25) is 0 Å². The maximum atomic E-state index is 13.0. The van der Waals surface area contributed by atoms with Crippen LogP contribution in [-0.4, -0.2) is 33.0 Å². The maximum absolute atomic E-state index is 13.0. The highest BCUT2D eigenvalue weighted by atomic mass is 32.2. The van der Waals surface area contributed by atoms with Crippen molar-refractivity contribution in [2.75, 3.05) is 18.0 Å². The van der Waals surface area contributed by atoms with Crippen LogP contribution in [-0.2, 0) is 14.8 Å². The number of carbonyl (C=O) groups is 1. The van der Waals surface area contributed by atoms with Crippen LogP contribution in [0.4, 0.5) is 11.4 Å². The van der Waals surface area contributed by atoms with Gasteiger partial charge in [0.25, 0.3) is 15.7 Å². The SMILES string of the molecule is C=CCN(c1cccc(C(=O)OC)c1)S(=O)(=O)c1cccc([N+](=O)[O-])c1. The molecule has 2 aromatic carbocycles. The van der Waals surface area contributed by atoms with Crippen molar-refractivity contribution in [3.05, 3.63) is 76.9 Å². The molecule has 0 aliphatic heterocycles. The van der Waals surface area contributed by atoms with Crippen LogP contribution in [0.3, 0.4) is 0 Å². The number of non-ortho nitro benzene ring substituents is 1. The molecule has 0 N–H and O–H groups in total. The third-order valence-corrected chi connectivity index (χ3v) is 5.26. The van der Waals surface area contributed by atoms with Gasteiger partial charge < -0.3 is 4.74 Å². The Bertz CT molecular complexity index is 955. The minimum atomic E-state index is -4.12. The number of sulfonamides is 1. The van der Waals surface area contributed by atoms with E-state index in [1.54, 1.807) is 0 Å². The summed E-state index contributed by atoms with van der Waals surface area (Å²) < 4.78 is 31.6. The first-order chi connectivity index (χ1) is 12.3. The first kappa shape index (κ1) is 19.1. The highest BCUT2D eigenvalue weighted by Gasteiger charge is 2.26. The standard InChI is InChI=1S/C17H16N2O6S/c1-3-10-18(14-7-4-6-13(11-14)17(20)25-2)26(23,24)16-9-5-8-15(12-16)19(21)22/h3-9,11-12H,1,10H2,2H3. The van der Waals surface area contributed by atoms with Gasteiger partial charge in [0.15, 0.2) is 0 Å². The quantitative estimate of drug-likeness (QED) is 0.318. The van der Waals surface area contributed by atoms with E-state index in [1.807, 2.05) is 0 Å². The monoisotopic (exact) mass is 376 g/mol. The number of methoxy groups -OCH3 is 1. The smallest absolute Gasteiger partial charge is 0.337 e. The van der Waals surface area contributed by atoms with Crippen molar-refractivity contribution in [1.82, 2.24) is 0 Å². The predicted octanol–water partition coefficient (Wildman–Crippen LogP) is 2.76. The topological polar surface area (TPSA) is 107 Å². The molecule has 0 fully saturated rings. The molecule has 0 amide bonds. The van der Waals surface area contributed by atoms with E-state index in [0.717, 1.165) is 10.4 Å². The van der Waals surface area contributed by atoms with Crippen molar-refractivity contribution in [1.29, 1.82) is 0 Å². The largest absolute Gasteiger partial charge is 0.465 e. The number of ether oxygens (including phenoxy) is 1. The molecule has 0 bridgehead atoms. The predicted molar refractivity (Wildman–Crippen MR) is 95.6 cm³/mol. The summed E-state index contributed by atoms with van der Waals surface area (Å²) in [5.74, 6) is -0.613. The summed E-state index contributed by atoms with van der Waals surface area (Å²) in [7, 11) is -2.90. The zero-order valence-electron chi connectivity index (χ0n) is 13.9. The lowest BCUT2D eigenvalue weighted by atomic mass is 10.2. The van der Waals surface area contributed by atoms with Gasteiger partial charge in [-0.3, -0.25) is 14.4 Å². The molecule has 8 nitrogen and oxygen atoms in total. The minimum Gasteiger partial charge on any atom is -0.465 e. The van der Waals surface area contributed by atoms with E-state index in [4.69, 9.17) is 0 Å². The number of benzene rings is 2. The highest BCUT2D eigenvalue weighted by Crippen LogP contribution is 2.26. The third kappa shape index (κ3) is 3.89. The molecule has 0 aromatic heterocycles. The Balaban J connectivity index is 2.55. The summed E-state index contributed by atoms with van der Waals surface area (Å²) in [5, 5.41) is 10.9. The van der Waals surface area contributed by atoms with Crippen LogP contribution >= 0.6 is 0 Å². The Labute approximate surface area is 150 Å². The van der Waals surface area contributed by atoms with Gasteiger partial charge in [-0.1, -0.05) is 18.2 Å². The summed E-state index contributed by atoms with van der Waals surface area (Å²) in [6.07, 6.45) is 1.37. The van der Waals surface area contributed by atoms with E-state index >= 15 is 0 Å². The van der Waals surface area contributed by atoms with Crippen molar-refractivity contribution in [2.24, 2.45) is 0 Å². The molecule has 136 valence electrons. The molecule has 0 saturated carbocycles. The fraction of sp³-hybridized carbons (Fsp3) is 0.118. The van der Waals surface area contributed by atoms with E-state index in [-0.39, 0.29) is 28.4 Å². The van der Waals surface area contributed by atoms with E-state index in [2.05, 4.69) is 11.3 Å². The van der Waals surface area contributed by atoms with Gasteiger partial charge in [0, 0.05) is 12.1 Å². The van der Waals surface area contributed by atoms with Crippen LogP contribution in [0.5, 0.6) is 0 Å². The molecule has 0 radical (unpaired) electrons. The molecule has 0 saturated heterocycles. The number of rotatable bonds is 7. The second-order valence-corrected chi connectivity index (χ2v) is 6.98. The van der Waals surface area contributed by atoms with Gasteiger partial charge in [-0.15, -0.1) is 6.58 Å². The number of carbonyl (C=O) groups excluding carboxylic acids is 1. The number of anilines is 1. The van der Waals surface area contributed by atoms with E-state index in [1.165, 1.54) is 55.7 Å². The second kappa shape index (κ2) is 7.79. The second-order valence-electron chi connectivity index (χ2n) is 5.12. The summed E-state index contributed by atoms with van der Waals surface area (Å²) in [6, 6.07) is 10.6. The van der Waals surface area contributed by atoms with Gasteiger partial charge in [-0.25, -0.2) is 13.2 Å². The van der Waals surface area contributed by atoms with E-state index in [9.17, 15) is 23.3 Å². The molecule has 26 heavy (non-hydrogen) atoms. The Morgan fingerprint density at radius 2 is 1.96 bits per heavy atom. The number of nitro groups is 1. The first-order valence-corrected chi connectivity index (χ1v) is 8.81. The fourth-order valence-electron chi connectivity index (χ4n) is 2.25. The number of hydrogen-bond donors (Lipinski definition) is 0.